The van der Waals surface area contributed by atoms with Crippen LogP contribution in [0.15, 0.2) is 0 Å². The number of hydrogen-bond acceptors (Lipinski definition) is 1. The number of nitriles is 1. The first kappa shape index (κ1) is 10.4. The van der Waals surface area contributed by atoms with Gasteiger partial charge in [-0.1, -0.05) is 7.43 Å². The highest BCUT2D eigenvalue weighted by molar-refractivity contribution is 4.68. The van der Waals surface area contributed by atoms with E-state index in [1.54, 1.807) is 0 Å². The molecule has 64 valence electrons. The van der Waals surface area contributed by atoms with E-state index in [4.69, 9.17) is 5.26 Å². The molecule has 1 saturated heterocycles. The van der Waals surface area contributed by atoms with E-state index in [0.717, 1.165) is 17.4 Å². The minimum atomic E-state index is 0. The lowest BCUT2D eigenvalue weighted by Crippen LogP contribution is -2.41. The number of nitrogens with zero attached hydrogens (tertiary/aromatic N) is 2. The second kappa shape index (κ2) is 4.35. The van der Waals surface area contributed by atoms with Gasteiger partial charge >= 0.3 is 0 Å². The van der Waals surface area contributed by atoms with Gasteiger partial charge in [-0.25, -0.2) is 0 Å². The van der Waals surface area contributed by atoms with E-state index >= 15 is 0 Å². The molecule has 0 aromatic heterocycles. The molecule has 2 nitrogen and oxygen atoms in total. The average molecular weight is 155 g/mol. The van der Waals surface area contributed by atoms with Crippen LogP contribution in [0.5, 0.6) is 0 Å². The summed E-state index contributed by atoms with van der Waals surface area (Å²) >= 11 is 0. The van der Waals surface area contributed by atoms with Crippen molar-refractivity contribution >= 4 is 0 Å². The molecule has 2 heteroatoms. The van der Waals surface area contributed by atoms with Crippen molar-refractivity contribution in [3.8, 4) is 6.07 Å². The maximum atomic E-state index is 8.38. The largest absolute Gasteiger partial charge is 0.325 e. The van der Waals surface area contributed by atoms with Crippen molar-refractivity contribution in [3.05, 3.63) is 0 Å². The van der Waals surface area contributed by atoms with Gasteiger partial charge in [0.1, 0.15) is 0 Å². The van der Waals surface area contributed by atoms with Crippen LogP contribution in [0, 0.1) is 11.3 Å². The Balaban J connectivity index is 0.000001000. The lowest BCUT2D eigenvalue weighted by Gasteiger charge is -2.27. The van der Waals surface area contributed by atoms with Crippen molar-refractivity contribution in [2.24, 2.45) is 0 Å². The van der Waals surface area contributed by atoms with Gasteiger partial charge in [-0.2, -0.15) is 5.26 Å². The van der Waals surface area contributed by atoms with Crippen LogP contribution in [0.1, 0.15) is 26.7 Å². The molecule has 0 atom stereocenters. The van der Waals surface area contributed by atoms with Crippen molar-refractivity contribution in [3.63, 3.8) is 0 Å². The van der Waals surface area contributed by atoms with E-state index in [0.29, 0.717) is 0 Å². The highest BCUT2D eigenvalue weighted by Crippen LogP contribution is 2.15. The molecule has 1 rings (SSSR count). The molecule has 0 aromatic carbocycles. The fraction of sp³-hybridized carbons (Fsp3) is 0.889. The van der Waals surface area contributed by atoms with Crippen LogP contribution in [0.2, 0.25) is 0 Å². The third-order valence-corrected chi connectivity index (χ3v) is 2.41. The third kappa shape index (κ3) is 2.90. The molecule has 0 unspecified atom stereocenters. The van der Waals surface area contributed by atoms with Gasteiger partial charge in [0.2, 0.25) is 0 Å². The first-order chi connectivity index (χ1) is 4.77. The second-order valence-corrected chi connectivity index (χ2v) is 3.41. The van der Waals surface area contributed by atoms with E-state index in [9.17, 15) is 0 Å². The predicted octanol–water partition coefficient (Wildman–Crippen LogP) is 1.78. The van der Waals surface area contributed by atoms with Crippen LogP contribution in [0.4, 0.5) is 0 Å². The average Bonchev–Trinajstić information content (AvgIpc) is 2.33. The quantitative estimate of drug-likeness (QED) is 0.558. The van der Waals surface area contributed by atoms with Gasteiger partial charge in [-0.05, 0) is 0 Å². The lowest BCUT2D eigenvalue weighted by molar-refractivity contribution is -0.897. The first-order valence-corrected chi connectivity index (χ1v) is 3.97. The number of rotatable bonds is 2. The summed E-state index contributed by atoms with van der Waals surface area (Å²) in [5, 5.41) is 8.38. The molecule has 1 aliphatic rings. The summed E-state index contributed by atoms with van der Waals surface area (Å²) in [6, 6.07) is 2.20. The van der Waals surface area contributed by atoms with Crippen LogP contribution >= 0.6 is 0 Å². The Morgan fingerprint density at radius 3 is 2.36 bits per heavy atom. The van der Waals surface area contributed by atoms with Gasteiger partial charge in [0.25, 0.3) is 0 Å². The minimum absolute atomic E-state index is 0. The van der Waals surface area contributed by atoms with Gasteiger partial charge in [-0.15, -0.1) is 0 Å². The van der Waals surface area contributed by atoms with Crippen LogP contribution < -0.4 is 0 Å². The molecule has 1 fully saturated rings. The summed E-state index contributed by atoms with van der Waals surface area (Å²) in [6.45, 7) is 3.61. The maximum absolute atomic E-state index is 8.38. The number of hydrogen-bond donors (Lipinski definition) is 0. The zero-order valence-corrected chi connectivity index (χ0v) is 6.64. The van der Waals surface area contributed by atoms with Gasteiger partial charge in [0.05, 0.1) is 39.2 Å². The number of likely N-dealkylation sites (tertiary alicyclic amines) is 1. The molecular weight excluding hydrogens is 136 g/mol. The molecule has 11 heavy (non-hydrogen) atoms. The lowest BCUT2D eigenvalue weighted by atomic mass is 10.4. The summed E-state index contributed by atoms with van der Waals surface area (Å²) in [7, 11) is 2.25. The van der Waals surface area contributed by atoms with E-state index in [1.165, 1.54) is 25.9 Å². The molecular formula is C9H19N2+. The molecule has 1 heterocycles. The monoisotopic (exact) mass is 155 g/mol. The second-order valence-electron chi connectivity index (χ2n) is 3.41. The Morgan fingerprint density at radius 1 is 1.36 bits per heavy atom. The van der Waals surface area contributed by atoms with Gasteiger partial charge in [0.15, 0.2) is 0 Å². The molecule has 0 saturated carbocycles. The summed E-state index contributed by atoms with van der Waals surface area (Å²) in [4.78, 5) is 0. The number of quaternary nitrogens is 1. The summed E-state index contributed by atoms with van der Waals surface area (Å²) in [6.07, 6.45) is 3.42. The van der Waals surface area contributed by atoms with Crippen molar-refractivity contribution < 1.29 is 4.48 Å². The minimum Gasteiger partial charge on any atom is -0.325 e. The van der Waals surface area contributed by atoms with E-state index in [2.05, 4.69) is 13.1 Å². The van der Waals surface area contributed by atoms with Crippen molar-refractivity contribution in [2.45, 2.75) is 26.7 Å². The fourth-order valence-corrected chi connectivity index (χ4v) is 1.64. The molecule has 0 N–H and O–H groups in total. The molecule has 0 aromatic rings. The van der Waals surface area contributed by atoms with Gasteiger partial charge < -0.3 is 4.48 Å². The zero-order valence-electron chi connectivity index (χ0n) is 6.64. The van der Waals surface area contributed by atoms with Crippen LogP contribution in [0.25, 0.3) is 0 Å². The molecule has 0 amide bonds. The highest BCUT2D eigenvalue weighted by atomic mass is 15.3. The zero-order chi connectivity index (χ0) is 7.45. The Bertz CT molecular complexity index is 140. The standard InChI is InChI=1S/C8H15N2.CH4/c1-10(8-4-5-9)6-2-3-7-10;/h2-4,6-8H2,1H3;1H4/q+1;. The first-order valence-electron chi connectivity index (χ1n) is 3.97. The Hall–Kier alpha value is -0.550. The van der Waals surface area contributed by atoms with Crippen molar-refractivity contribution in [1.82, 2.24) is 0 Å². The molecule has 0 spiro atoms. The summed E-state index contributed by atoms with van der Waals surface area (Å²) in [5.74, 6) is 0. The molecule has 0 bridgehead atoms. The molecule has 0 aliphatic carbocycles. The summed E-state index contributed by atoms with van der Waals surface area (Å²) < 4.78 is 1.13. The smallest absolute Gasteiger partial charge is 0.0916 e. The van der Waals surface area contributed by atoms with Crippen molar-refractivity contribution in [2.75, 3.05) is 26.7 Å². The van der Waals surface area contributed by atoms with Crippen LogP contribution in [-0.2, 0) is 0 Å². The molecule has 1 aliphatic heterocycles. The maximum Gasteiger partial charge on any atom is 0.0916 e. The topological polar surface area (TPSA) is 23.8 Å². The van der Waals surface area contributed by atoms with E-state index < -0.39 is 0 Å². The summed E-state index contributed by atoms with van der Waals surface area (Å²) in [5.41, 5.74) is 0. The van der Waals surface area contributed by atoms with Gasteiger partial charge in [-0.3, -0.25) is 0 Å². The van der Waals surface area contributed by atoms with E-state index in [1.807, 2.05) is 0 Å². The third-order valence-electron chi connectivity index (χ3n) is 2.41. The van der Waals surface area contributed by atoms with Crippen molar-refractivity contribution in [1.29, 1.82) is 5.26 Å². The van der Waals surface area contributed by atoms with E-state index in [-0.39, 0.29) is 7.43 Å². The van der Waals surface area contributed by atoms with Gasteiger partial charge in [0, 0.05) is 12.8 Å². The Kier molecular flexibility index (Phi) is 4.14. The Morgan fingerprint density at radius 2 is 1.91 bits per heavy atom. The van der Waals surface area contributed by atoms with Crippen LogP contribution in [-0.4, -0.2) is 31.2 Å². The predicted molar refractivity (Wildman–Crippen MR) is 47.0 cm³/mol. The Labute approximate surface area is 70.0 Å². The normalized spacial score (nSPS) is 20.4. The van der Waals surface area contributed by atoms with Crippen LogP contribution in [0.3, 0.4) is 0 Å². The highest BCUT2D eigenvalue weighted by Gasteiger charge is 2.25. The SMILES string of the molecule is C.C[N+]1(CCC#N)CCCC1. The molecule has 0 radical (unpaired) electrons. The fourth-order valence-electron chi connectivity index (χ4n) is 1.64.